The number of aliphatic hydroxyl groups excluding tert-OH is 1. The number of benzene rings is 1. The molecule has 3 unspecified atom stereocenters. The van der Waals surface area contributed by atoms with E-state index in [4.69, 9.17) is 24.1 Å². The molecule has 2 aliphatic carbocycles. The molecule has 2 aliphatic heterocycles. The number of esters is 1. The Morgan fingerprint density at radius 1 is 1.05 bits per heavy atom. The Balaban J connectivity index is 1.14. The highest BCUT2D eigenvalue weighted by molar-refractivity contribution is 5.94. The summed E-state index contributed by atoms with van der Waals surface area (Å²) in [5, 5.41) is 14.0. The van der Waals surface area contributed by atoms with Crippen LogP contribution in [0.2, 0.25) is 0 Å². The van der Waals surface area contributed by atoms with Crippen LogP contribution in [0.5, 0.6) is 0 Å². The minimum Gasteiger partial charge on any atom is -0.456 e. The standard InChI is InChI=1S/C28H34N2O8/c31-12-11-29-25(32)9-10-30-27(33)20-14-23-26(36-16-35-23)24(15-20)38-28(34)19-6-3-17(4-7-19)1-2-18-5-8-21-22(13-18)37-21/h1-4,6-7,14,18,21-24,26,31H,5,8-13,15-16H2,(H,29,32)(H,30,33)/t18?,21?,22?,23-,24-,26-/m1/s1. The first-order valence-electron chi connectivity index (χ1n) is 13.2. The minimum atomic E-state index is -0.687. The molecular formula is C28H34N2O8. The van der Waals surface area contributed by atoms with Gasteiger partial charge in [-0.25, -0.2) is 4.79 Å². The number of allylic oxidation sites excluding steroid dienone is 1. The van der Waals surface area contributed by atoms with Gasteiger partial charge in [-0.05, 0) is 49.0 Å². The van der Waals surface area contributed by atoms with Gasteiger partial charge in [0.1, 0.15) is 25.1 Å². The average Bonchev–Trinajstić information content (AvgIpc) is 3.55. The number of amides is 2. The lowest BCUT2D eigenvalue weighted by molar-refractivity contribution is -0.121. The van der Waals surface area contributed by atoms with Crippen molar-refractivity contribution in [2.45, 2.75) is 62.6 Å². The number of nitrogens with one attached hydrogen (secondary N) is 2. The fourth-order valence-electron chi connectivity index (χ4n) is 5.20. The molecule has 6 atom stereocenters. The average molecular weight is 527 g/mol. The largest absolute Gasteiger partial charge is 0.456 e. The molecule has 5 rings (SSSR count). The Hall–Kier alpha value is -3.05. The maximum absolute atomic E-state index is 12.9. The number of fused-ring (bicyclic) bond motifs is 2. The molecule has 3 N–H and O–H groups in total. The Morgan fingerprint density at radius 3 is 2.68 bits per heavy atom. The van der Waals surface area contributed by atoms with Gasteiger partial charge in [0.05, 0.1) is 24.4 Å². The molecule has 204 valence electrons. The number of carbonyl (C=O) groups is 3. The maximum Gasteiger partial charge on any atom is 0.338 e. The number of rotatable bonds is 10. The van der Waals surface area contributed by atoms with E-state index in [2.05, 4.69) is 22.8 Å². The van der Waals surface area contributed by atoms with Crippen molar-refractivity contribution in [3.05, 3.63) is 53.1 Å². The molecule has 1 aromatic rings. The summed E-state index contributed by atoms with van der Waals surface area (Å²) in [7, 11) is 0. The van der Waals surface area contributed by atoms with Crippen LogP contribution < -0.4 is 10.6 Å². The molecule has 10 nitrogen and oxygen atoms in total. The Kier molecular flexibility index (Phi) is 8.53. The topological polar surface area (TPSA) is 136 Å². The van der Waals surface area contributed by atoms with Gasteiger partial charge in [0, 0.05) is 31.5 Å². The van der Waals surface area contributed by atoms with Gasteiger partial charge in [-0.1, -0.05) is 24.3 Å². The maximum atomic E-state index is 12.9. The van der Waals surface area contributed by atoms with Crippen molar-refractivity contribution >= 4 is 23.9 Å². The zero-order valence-corrected chi connectivity index (χ0v) is 21.2. The lowest BCUT2D eigenvalue weighted by Crippen LogP contribution is -2.43. The summed E-state index contributed by atoms with van der Waals surface area (Å²) in [6, 6.07) is 7.25. The van der Waals surface area contributed by atoms with E-state index in [0.29, 0.717) is 29.3 Å². The Morgan fingerprint density at radius 2 is 1.89 bits per heavy atom. The Labute approximate surface area is 221 Å². The number of aliphatic hydroxyl groups is 1. The van der Waals surface area contributed by atoms with Gasteiger partial charge in [0.25, 0.3) is 0 Å². The molecule has 1 aromatic carbocycles. The molecule has 3 fully saturated rings. The first-order chi connectivity index (χ1) is 18.5. The van der Waals surface area contributed by atoms with Crippen molar-refractivity contribution in [2.75, 3.05) is 26.5 Å². The molecule has 2 amide bonds. The van der Waals surface area contributed by atoms with Crippen LogP contribution >= 0.6 is 0 Å². The van der Waals surface area contributed by atoms with Gasteiger partial charge in [-0.2, -0.15) is 0 Å². The zero-order chi connectivity index (χ0) is 26.5. The molecule has 10 heteroatoms. The van der Waals surface area contributed by atoms with Crippen LogP contribution in [0.1, 0.15) is 48.0 Å². The lowest BCUT2D eigenvalue weighted by atomic mass is 9.89. The summed E-state index contributed by atoms with van der Waals surface area (Å²) in [5.74, 6) is -0.587. The van der Waals surface area contributed by atoms with Crippen molar-refractivity contribution < 1.29 is 38.4 Å². The zero-order valence-electron chi connectivity index (χ0n) is 21.2. The number of epoxide rings is 1. The van der Waals surface area contributed by atoms with Crippen molar-refractivity contribution in [3.63, 3.8) is 0 Å². The monoisotopic (exact) mass is 526 g/mol. The first kappa shape index (κ1) is 26.6. The summed E-state index contributed by atoms with van der Waals surface area (Å²) in [6.45, 7) is 0.213. The number of ether oxygens (including phenoxy) is 4. The van der Waals surface area contributed by atoms with Crippen LogP contribution in [0.15, 0.2) is 42.0 Å². The minimum absolute atomic E-state index is 0.0510. The quantitative estimate of drug-likeness (QED) is 0.308. The number of hydrogen-bond donors (Lipinski definition) is 3. The molecule has 2 saturated heterocycles. The van der Waals surface area contributed by atoms with Crippen LogP contribution in [0.25, 0.3) is 6.08 Å². The fraction of sp³-hybridized carbons (Fsp3) is 0.536. The van der Waals surface area contributed by atoms with E-state index in [1.54, 1.807) is 18.2 Å². The van der Waals surface area contributed by atoms with Gasteiger partial charge in [-0.15, -0.1) is 0 Å². The number of carbonyl (C=O) groups excluding carboxylic acids is 3. The predicted molar refractivity (Wildman–Crippen MR) is 136 cm³/mol. The van der Waals surface area contributed by atoms with E-state index in [9.17, 15) is 14.4 Å². The third-order valence-electron chi connectivity index (χ3n) is 7.37. The Bertz CT molecular complexity index is 1080. The summed E-state index contributed by atoms with van der Waals surface area (Å²) >= 11 is 0. The van der Waals surface area contributed by atoms with E-state index in [1.807, 2.05) is 12.1 Å². The lowest BCUT2D eigenvalue weighted by Gasteiger charge is -2.30. The van der Waals surface area contributed by atoms with Crippen LogP contribution in [0.4, 0.5) is 0 Å². The molecular weight excluding hydrogens is 492 g/mol. The smallest absolute Gasteiger partial charge is 0.338 e. The number of hydrogen-bond acceptors (Lipinski definition) is 8. The molecule has 0 aromatic heterocycles. The van der Waals surface area contributed by atoms with E-state index >= 15 is 0 Å². The molecule has 0 spiro atoms. The molecule has 0 radical (unpaired) electrons. The summed E-state index contributed by atoms with van der Waals surface area (Å²) in [4.78, 5) is 37.3. The highest BCUT2D eigenvalue weighted by Gasteiger charge is 2.43. The highest BCUT2D eigenvalue weighted by Crippen LogP contribution is 2.40. The van der Waals surface area contributed by atoms with Crippen molar-refractivity contribution in [2.24, 2.45) is 5.92 Å². The van der Waals surface area contributed by atoms with E-state index in [-0.39, 0.29) is 51.1 Å². The van der Waals surface area contributed by atoms with Gasteiger partial charge in [-0.3, -0.25) is 9.59 Å². The predicted octanol–water partition coefficient (Wildman–Crippen LogP) is 1.48. The third kappa shape index (κ3) is 6.68. The molecule has 0 bridgehead atoms. The molecule has 2 heterocycles. The summed E-state index contributed by atoms with van der Waals surface area (Å²) in [5.41, 5.74) is 1.84. The van der Waals surface area contributed by atoms with Crippen LogP contribution in [0, 0.1) is 5.92 Å². The molecule has 38 heavy (non-hydrogen) atoms. The normalized spacial score (nSPS) is 29.7. The highest BCUT2D eigenvalue weighted by atomic mass is 16.7. The van der Waals surface area contributed by atoms with E-state index < -0.39 is 24.3 Å². The second-order valence-electron chi connectivity index (χ2n) is 10.1. The summed E-state index contributed by atoms with van der Waals surface area (Å²) < 4.78 is 22.6. The SMILES string of the molecule is O=C(CCNC(=O)C1=C[C@H]2OCO[C@H]2[C@H](OC(=O)c2ccc(C=CC3CCC4OC4C3)cc2)C1)NCCO. The van der Waals surface area contributed by atoms with Gasteiger partial charge >= 0.3 is 5.97 Å². The van der Waals surface area contributed by atoms with Crippen molar-refractivity contribution in [1.82, 2.24) is 10.6 Å². The first-order valence-corrected chi connectivity index (χ1v) is 13.2. The van der Waals surface area contributed by atoms with Gasteiger partial charge in [0.15, 0.2) is 0 Å². The van der Waals surface area contributed by atoms with Gasteiger partial charge in [0.2, 0.25) is 11.8 Å². The second kappa shape index (κ2) is 12.2. The molecule has 4 aliphatic rings. The summed E-state index contributed by atoms with van der Waals surface area (Å²) in [6.07, 6.45) is 8.86. The van der Waals surface area contributed by atoms with Crippen LogP contribution in [-0.4, -0.2) is 79.9 Å². The van der Waals surface area contributed by atoms with Crippen LogP contribution in [-0.2, 0) is 28.5 Å². The molecule has 1 saturated carbocycles. The fourth-order valence-corrected chi connectivity index (χ4v) is 5.20. The van der Waals surface area contributed by atoms with Gasteiger partial charge < -0.3 is 34.7 Å². The van der Waals surface area contributed by atoms with E-state index in [1.165, 1.54) is 0 Å². The van der Waals surface area contributed by atoms with Crippen molar-refractivity contribution in [3.8, 4) is 0 Å². The third-order valence-corrected chi connectivity index (χ3v) is 7.37. The van der Waals surface area contributed by atoms with Crippen molar-refractivity contribution in [1.29, 1.82) is 0 Å². The van der Waals surface area contributed by atoms with E-state index in [0.717, 1.165) is 24.8 Å². The second-order valence-corrected chi connectivity index (χ2v) is 10.1. The van der Waals surface area contributed by atoms with Crippen LogP contribution in [0.3, 0.4) is 0 Å².